The van der Waals surface area contributed by atoms with Crippen LogP contribution in [0.5, 0.6) is 0 Å². The van der Waals surface area contributed by atoms with Crippen LogP contribution in [-0.2, 0) is 5.11 Å². The average Bonchev–Trinajstić information content (AvgIpc) is 1.68. The summed E-state index contributed by atoms with van der Waals surface area (Å²) in [4.78, 5) is 0. The van der Waals surface area contributed by atoms with Gasteiger partial charge in [0.15, 0.2) is 0 Å². The fourth-order valence-electron chi connectivity index (χ4n) is 0.333. The monoisotopic (exact) mass is 119 g/mol. The summed E-state index contributed by atoms with van der Waals surface area (Å²) >= 11 is 1.72. The van der Waals surface area contributed by atoms with Crippen LogP contribution in [0.4, 0.5) is 0 Å². The standard InChI is InChI=1S/C5H11OS/c1-3-7-5(2)4-6/h5H,3-4H2,1-2H3. The van der Waals surface area contributed by atoms with E-state index < -0.39 is 0 Å². The Kier molecular flexibility index (Phi) is 4.67. The van der Waals surface area contributed by atoms with Gasteiger partial charge < -0.3 is 0 Å². The van der Waals surface area contributed by atoms with Crippen LogP contribution in [0.25, 0.3) is 0 Å². The predicted octanol–water partition coefficient (Wildman–Crippen LogP) is 1.56. The van der Waals surface area contributed by atoms with E-state index in [-0.39, 0.29) is 6.61 Å². The second-order valence-corrected chi connectivity index (χ2v) is 3.15. The number of thioether (sulfide) groups is 1. The van der Waals surface area contributed by atoms with Gasteiger partial charge in [-0.25, -0.2) is 5.11 Å². The molecule has 0 saturated heterocycles. The van der Waals surface area contributed by atoms with Gasteiger partial charge in [-0.05, 0) is 5.75 Å². The normalized spacial score (nSPS) is 14.1. The molecule has 43 valence electrons. The van der Waals surface area contributed by atoms with E-state index in [1.807, 2.05) is 6.92 Å². The maximum absolute atomic E-state index is 10.00. The van der Waals surface area contributed by atoms with Crippen molar-refractivity contribution in [2.45, 2.75) is 19.1 Å². The van der Waals surface area contributed by atoms with Gasteiger partial charge in [-0.2, -0.15) is 11.8 Å². The lowest BCUT2D eigenvalue weighted by atomic mass is 10.5. The number of hydrogen-bond donors (Lipinski definition) is 0. The third-order valence-corrected chi connectivity index (χ3v) is 1.72. The fraction of sp³-hybridized carbons (Fsp3) is 1.00. The van der Waals surface area contributed by atoms with Gasteiger partial charge in [0.2, 0.25) is 0 Å². The summed E-state index contributed by atoms with van der Waals surface area (Å²) in [7, 11) is 0. The SMILES string of the molecule is CCSC(C)C[O]. The second kappa shape index (κ2) is 4.47. The highest BCUT2D eigenvalue weighted by molar-refractivity contribution is 7.99. The first-order chi connectivity index (χ1) is 3.31. The van der Waals surface area contributed by atoms with E-state index in [9.17, 15) is 5.11 Å². The smallest absolute Gasteiger partial charge is 0.0938 e. The first kappa shape index (κ1) is 7.31. The zero-order valence-electron chi connectivity index (χ0n) is 4.81. The Bertz CT molecular complexity index is 39.1. The maximum atomic E-state index is 10.00. The summed E-state index contributed by atoms with van der Waals surface area (Å²) in [5.41, 5.74) is 0. The Morgan fingerprint density at radius 3 is 2.43 bits per heavy atom. The molecule has 0 rings (SSSR count). The van der Waals surface area contributed by atoms with Crippen molar-refractivity contribution in [2.75, 3.05) is 12.4 Å². The van der Waals surface area contributed by atoms with Crippen molar-refractivity contribution >= 4 is 11.8 Å². The molecule has 0 aliphatic rings. The van der Waals surface area contributed by atoms with Crippen LogP contribution in [-0.4, -0.2) is 17.6 Å². The molecular formula is C5H11OS. The summed E-state index contributed by atoms with van der Waals surface area (Å²) in [5, 5.41) is 10.3. The topological polar surface area (TPSA) is 19.9 Å². The van der Waals surface area contributed by atoms with Crippen LogP contribution in [0.2, 0.25) is 0 Å². The van der Waals surface area contributed by atoms with E-state index >= 15 is 0 Å². The number of hydrogen-bond acceptors (Lipinski definition) is 1. The first-order valence-electron chi connectivity index (χ1n) is 2.51. The molecule has 0 aliphatic heterocycles. The Labute approximate surface area is 49.1 Å². The molecule has 0 aromatic heterocycles. The van der Waals surface area contributed by atoms with Crippen molar-refractivity contribution in [3.8, 4) is 0 Å². The van der Waals surface area contributed by atoms with Gasteiger partial charge in [0, 0.05) is 5.25 Å². The third-order valence-electron chi connectivity index (χ3n) is 0.686. The molecule has 0 fully saturated rings. The molecule has 0 aromatic rings. The minimum absolute atomic E-state index is 0.0541. The predicted molar refractivity (Wildman–Crippen MR) is 33.1 cm³/mol. The molecule has 1 atom stereocenters. The summed E-state index contributed by atoms with van der Waals surface area (Å²) < 4.78 is 0. The van der Waals surface area contributed by atoms with Crippen LogP contribution in [0.3, 0.4) is 0 Å². The largest absolute Gasteiger partial charge is 0.236 e. The summed E-state index contributed by atoms with van der Waals surface area (Å²) in [6, 6.07) is 0. The lowest BCUT2D eigenvalue weighted by Gasteiger charge is -2.00. The van der Waals surface area contributed by atoms with Gasteiger partial charge in [0.25, 0.3) is 0 Å². The molecule has 0 aliphatic carbocycles. The minimum atomic E-state index is 0.0541. The Morgan fingerprint density at radius 2 is 2.29 bits per heavy atom. The molecule has 1 unspecified atom stereocenters. The van der Waals surface area contributed by atoms with Crippen molar-refractivity contribution in [3.05, 3.63) is 0 Å². The molecular weight excluding hydrogens is 108 g/mol. The van der Waals surface area contributed by atoms with Crippen molar-refractivity contribution in [2.24, 2.45) is 0 Å². The Morgan fingerprint density at radius 1 is 1.71 bits per heavy atom. The lowest BCUT2D eigenvalue weighted by Crippen LogP contribution is -1.99. The van der Waals surface area contributed by atoms with Gasteiger partial charge >= 0.3 is 0 Å². The molecule has 7 heavy (non-hydrogen) atoms. The highest BCUT2D eigenvalue weighted by atomic mass is 32.2. The van der Waals surface area contributed by atoms with E-state index in [0.29, 0.717) is 5.25 Å². The van der Waals surface area contributed by atoms with E-state index in [1.54, 1.807) is 11.8 Å². The average molecular weight is 119 g/mol. The van der Waals surface area contributed by atoms with Gasteiger partial charge in [0.05, 0.1) is 6.61 Å². The van der Waals surface area contributed by atoms with Crippen molar-refractivity contribution in [3.63, 3.8) is 0 Å². The van der Waals surface area contributed by atoms with Gasteiger partial charge in [-0.1, -0.05) is 13.8 Å². The highest BCUT2D eigenvalue weighted by Crippen LogP contribution is 2.06. The van der Waals surface area contributed by atoms with Crippen molar-refractivity contribution in [1.29, 1.82) is 0 Å². The second-order valence-electron chi connectivity index (χ2n) is 1.43. The molecule has 0 heterocycles. The maximum Gasteiger partial charge on any atom is 0.0938 e. The van der Waals surface area contributed by atoms with Gasteiger partial charge in [-0.3, -0.25) is 0 Å². The van der Waals surface area contributed by atoms with E-state index in [2.05, 4.69) is 6.92 Å². The number of rotatable bonds is 3. The summed E-state index contributed by atoms with van der Waals surface area (Å²) in [6.07, 6.45) is 0. The molecule has 2 heteroatoms. The van der Waals surface area contributed by atoms with Crippen LogP contribution in [0.1, 0.15) is 13.8 Å². The molecule has 0 saturated carbocycles. The highest BCUT2D eigenvalue weighted by Gasteiger charge is 1.95. The molecule has 0 N–H and O–H groups in total. The zero-order chi connectivity index (χ0) is 5.70. The fourth-order valence-corrected chi connectivity index (χ4v) is 0.998. The minimum Gasteiger partial charge on any atom is -0.236 e. The molecule has 0 amide bonds. The van der Waals surface area contributed by atoms with E-state index in [1.165, 1.54) is 0 Å². The van der Waals surface area contributed by atoms with Gasteiger partial charge in [-0.15, -0.1) is 0 Å². The molecule has 1 nitrogen and oxygen atoms in total. The summed E-state index contributed by atoms with van der Waals surface area (Å²) in [6.45, 7) is 4.08. The van der Waals surface area contributed by atoms with Crippen LogP contribution in [0.15, 0.2) is 0 Å². The summed E-state index contributed by atoms with van der Waals surface area (Å²) in [5.74, 6) is 1.06. The quantitative estimate of drug-likeness (QED) is 0.552. The Balaban J connectivity index is 2.83. The molecule has 0 aromatic carbocycles. The molecule has 0 bridgehead atoms. The van der Waals surface area contributed by atoms with E-state index in [4.69, 9.17) is 0 Å². The van der Waals surface area contributed by atoms with E-state index in [0.717, 1.165) is 5.75 Å². The van der Waals surface area contributed by atoms with Crippen LogP contribution < -0.4 is 0 Å². The van der Waals surface area contributed by atoms with Gasteiger partial charge in [0.1, 0.15) is 0 Å². The van der Waals surface area contributed by atoms with Crippen LogP contribution in [0, 0.1) is 0 Å². The third kappa shape index (κ3) is 4.16. The van der Waals surface area contributed by atoms with Crippen molar-refractivity contribution < 1.29 is 5.11 Å². The lowest BCUT2D eigenvalue weighted by molar-refractivity contribution is 0.198. The zero-order valence-corrected chi connectivity index (χ0v) is 5.62. The van der Waals surface area contributed by atoms with Crippen molar-refractivity contribution in [1.82, 2.24) is 0 Å². The molecule has 0 spiro atoms. The first-order valence-corrected chi connectivity index (χ1v) is 3.55. The Hall–Kier alpha value is 0.310. The molecule has 1 radical (unpaired) electrons. The van der Waals surface area contributed by atoms with Crippen LogP contribution >= 0.6 is 11.8 Å².